The molecule has 2 rings (SSSR count). The Kier molecular flexibility index (Phi) is 5.53. The molecule has 1 aliphatic rings. The van der Waals surface area contributed by atoms with E-state index in [0.717, 1.165) is 0 Å². The summed E-state index contributed by atoms with van der Waals surface area (Å²) in [5, 5.41) is 19.7. The van der Waals surface area contributed by atoms with Crippen LogP contribution in [0.2, 0.25) is 0 Å². The van der Waals surface area contributed by atoms with Crippen molar-refractivity contribution in [1.82, 2.24) is 4.90 Å². The Morgan fingerprint density at radius 2 is 2.26 bits per heavy atom. The number of carbonyl (C=O) groups excluding carboxylic acids is 1. The van der Waals surface area contributed by atoms with Crippen LogP contribution in [-0.2, 0) is 9.59 Å². The van der Waals surface area contributed by atoms with E-state index in [0.29, 0.717) is 11.3 Å². The molecule has 1 aliphatic heterocycles. The van der Waals surface area contributed by atoms with E-state index >= 15 is 0 Å². The Bertz CT molecular complexity index is 639. The van der Waals surface area contributed by atoms with Gasteiger partial charge in [0.15, 0.2) is 0 Å². The lowest BCUT2D eigenvalue weighted by Crippen LogP contribution is -2.45. The highest BCUT2D eigenvalue weighted by Crippen LogP contribution is 2.43. The molecule has 0 bridgehead atoms. The number of hydrogen-bond donors (Lipinski definition) is 2. The summed E-state index contributed by atoms with van der Waals surface area (Å²) in [6, 6.07) is 5.00. The summed E-state index contributed by atoms with van der Waals surface area (Å²) in [6.07, 6.45) is 0. The molecule has 0 saturated carbocycles. The zero-order valence-electron chi connectivity index (χ0n) is 12.3. The maximum absolute atomic E-state index is 12.6. The van der Waals surface area contributed by atoms with Gasteiger partial charge in [0, 0.05) is 29.6 Å². The number of nitro benzene ring substituents is 1. The molecule has 124 valence electrons. The zero-order chi connectivity index (χ0) is 17.1. The van der Waals surface area contributed by atoms with Crippen LogP contribution < -0.4 is 0 Å². The van der Waals surface area contributed by atoms with Crippen LogP contribution in [0.25, 0.3) is 0 Å². The monoisotopic (exact) mass is 356 g/mol. The van der Waals surface area contributed by atoms with Crippen molar-refractivity contribution in [3.8, 4) is 0 Å². The van der Waals surface area contributed by atoms with Crippen LogP contribution in [0.3, 0.4) is 0 Å². The van der Waals surface area contributed by atoms with Crippen molar-refractivity contribution >= 4 is 42.0 Å². The summed E-state index contributed by atoms with van der Waals surface area (Å²) < 4.78 is 0. The van der Waals surface area contributed by atoms with Crippen molar-refractivity contribution < 1.29 is 19.6 Å². The molecule has 0 aromatic heterocycles. The van der Waals surface area contributed by atoms with E-state index < -0.39 is 28.2 Å². The molecule has 1 N–H and O–H groups in total. The van der Waals surface area contributed by atoms with Gasteiger partial charge in [-0.25, -0.2) is 4.79 Å². The average Bonchev–Trinajstić information content (AvgIpc) is 2.98. The number of carbonyl (C=O) groups is 2. The zero-order valence-corrected chi connectivity index (χ0v) is 14.0. The quantitative estimate of drug-likeness (QED) is 0.476. The number of non-ortho nitro benzene ring substituents is 1. The third-order valence-electron chi connectivity index (χ3n) is 3.60. The van der Waals surface area contributed by atoms with E-state index in [2.05, 4.69) is 12.6 Å². The van der Waals surface area contributed by atoms with Gasteiger partial charge in [-0.1, -0.05) is 19.1 Å². The highest BCUT2D eigenvalue weighted by atomic mass is 32.2. The molecule has 9 heteroatoms. The Hall–Kier alpha value is -1.74. The summed E-state index contributed by atoms with van der Waals surface area (Å²) in [5.41, 5.74) is 0.462. The largest absolute Gasteiger partial charge is 0.480 e. The van der Waals surface area contributed by atoms with Crippen molar-refractivity contribution in [2.45, 2.75) is 18.3 Å². The predicted molar refractivity (Wildman–Crippen MR) is 89.6 cm³/mol. The maximum atomic E-state index is 12.6. The molecule has 0 aliphatic carbocycles. The second kappa shape index (κ2) is 7.22. The molecule has 1 saturated heterocycles. The van der Waals surface area contributed by atoms with Crippen LogP contribution in [0.15, 0.2) is 24.3 Å². The Balaban J connectivity index is 2.39. The Labute approximate surface area is 142 Å². The Morgan fingerprint density at radius 3 is 2.83 bits per heavy atom. The molecule has 1 aromatic rings. The van der Waals surface area contributed by atoms with Crippen molar-refractivity contribution in [1.29, 1.82) is 0 Å². The van der Waals surface area contributed by atoms with Crippen LogP contribution in [0.5, 0.6) is 0 Å². The predicted octanol–water partition coefficient (Wildman–Crippen LogP) is 2.19. The topological polar surface area (TPSA) is 101 Å². The van der Waals surface area contributed by atoms with E-state index in [9.17, 15) is 24.8 Å². The molecule has 23 heavy (non-hydrogen) atoms. The fourth-order valence-corrected chi connectivity index (χ4v) is 3.92. The molecule has 1 aromatic carbocycles. The molecule has 1 heterocycles. The molecule has 1 amide bonds. The molecule has 3 atom stereocenters. The minimum Gasteiger partial charge on any atom is -0.480 e. The fraction of sp³-hybridized carbons (Fsp3) is 0.429. The minimum absolute atomic E-state index is 0.0866. The number of carboxylic acids is 1. The first-order valence-corrected chi connectivity index (χ1v) is 8.56. The van der Waals surface area contributed by atoms with Gasteiger partial charge in [-0.2, -0.15) is 12.6 Å². The van der Waals surface area contributed by atoms with Crippen molar-refractivity contribution in [3.63, 3.8) is 0 Å². The van der Waals surface area contributed by atoms with Crippen LogP contribution in [0.4, 0.5) is 5.69 Å². The number of thiol groups is 1. The molecule has 1 fully saturated rings. The summed E-state index contributed by atoms with van der Waals surface area (Å²) in [4.78, 5) is 35.7. The summed E-state index contributed by atoms with van der Waals surface area (Å²) in [5.74, 6) is -1.28. The number of carboxylic acid groups (broad SMARTS) is 1. The normalized spacial score (nSPS) is 21.9. The lowest BCUT2D eigenvalue weighted by atomic mass is 10.1. The Morgan fingerprint density at radius 1 is 1.57 bits per heavy atom. The second-order valence-corrected chi connectivity index (χ2v) is 6.70. The first-order valence-electron chi connectivity index (χ1n) is 6.88. The average molecular weight is 356 g/mol. The van der Waals surface area contributed by atoms with Crippen LogP contribution in [-0.4, -0.2) is 44.4 Å². The molecule has 7 nitrogen and oxygen atoms in total. The van der Waals surface area contributed by atoms with Gasteiger partial charge in [0.1, 0.15) is 11.4 Å². The number of rotatable bonds is 5. The van der Waals surface area contributed by atoms with E-state index in [-0.39, 0.29) is 17.3 Å². The van der Waals surface area contributed by atoms with Gasteiger partial charge in [-0.3, -0.25) is 14.9 Å². The van der Waals surface area contributed by atoms with Gasteiger partial charge in [0.05, 0.1) is 4.92 Å². The smallest absolute Gasteiger partial charge is 0.327 e. The molecule has 2 unspecified atom stereocenters. The number of benzene rings is 1. The number of nitrogens with zero attached hydrogens (tertiary/aromatic N) is 2. The minimum atomic E-state index is -1.08. The number of amides is 1. The molecule has 0 spiro atoms. The number of hydrogen-bond acceptors (Lipinski definition) is 6. The SMILES string of the molecule is CC(CS)C(=O)N1C(c2cccc([N+](=O)[O-])c2)SC[C@H]1C(=O)O. The van der Waals surface area contributed by atoms with Gasteiger partial charge in [0.2, 0.25) is 5.91 Å². The van der Waals surface area contributed by atoms with Crippen LogP contribution in [0, 0.1) is 16.0 Å². The number of thioether (sulfide) groups is 1. The highest BCUT2D eigenvalue weighted by molar-refractivity contribution is 7.99. The fourth-order valence-electron chi connectivity index (χ4n) is 2.35. The molecule has 0 radical (unpaired) electrons. The number of nitro groups is 1. The van der Waals surface area contributed by atoms with Gasteiger partial charge < -0.3 is 10.0 Å². The molecular formula is C14H16N2O5S2. The third-order valence-corrected chi connectivity index (χ3v) is 5.47. The van der Waals surface area contributed by atoms with Gasteiger partial charge >= 0.3 is 5.97 Å². The van der Waals surface area contributed by atoms with Crippen LogP contribution >= 0.6 is 24.4 Å². The maximum Gasteiger partial charge on any atom is 0.327 e. The standard InChI is InChI=1S/C14H16N2O5S2/c1-8(6-22)12(17)15-11(14(18)19)7-23-13(15)9-3-2-4-10(5-9)16(20)21/h2-5,8,11,13,22H,6-7H2,1H3,(H,18,19)/t8?,11-,13?/m0/s1. The number of aliphatic carboxylic acids is 1. The lowest BCUT2D eigenvalue weighted by molar-refractivity contribution is -0.384. The van der Waals surface area contributed by atoms with E-state index in [1.807, 2.05) is 0 Å². The lowest BCUT2D eigenvalue weighted by Gasteiger charge is -2.29. The van der Waals surface area contributed by atoms with E-state index in [4.69, 9.17) is 0 Å². The highest BCUT2D eigenvalue weighted by Gasteiger charge is 2.43. The van der Waals surface area contributed by atoms with Gasteiger partial charge in [-0.15, -0.1) is 11.8 Å². The van der Waals surface area contributed by atoms with Crippen LogP contribution in [0.1, 0.15) is 17.9 Å². The molecular weight excluding hydrogens is 340 g/mol. The summed E-state index contributed by atoms with van der Waals surface area (Å²) in [6.45, 7) is 1.68. The first kappa shape index (κ1) is 17.6. The van der Waals surface area contributed by atoms with E-state index in [1.54, 1.807) is 13.0 Å². The first-order chi connectivity index (χ1) is 10.9. The van der Waals surface area contributed by atoms with Crippen molar-refractivity contribution in [3.05, 3.63) is 39.9 Å². The van der Waals surface area contributed by atoms with Crippen molar-refractivity contribution in [2.24, 2.45) is 5.92 Å². The summed E-state index contributed by atoms with van der Waals surface area (Å²) in [7, 11) is 0. The van der Waals surface area contributed by atoms with E-state index in [1.165, 1.54) is 34.9 Å². The van der Waals surface area contributed by atoms with Crippen molar-refractivity contribution in [2.75, 3.05) is 11.5 Å². The van der Waals surface area contributed by atoms with Gasteiger partial charge in [-0.05, 0) is 5.56 Å². The third kappa shape index (κ3) is 3.61. The summed E-state index contributed by atoms with van der Waals surface area (Å²) >= 11 is 5.39. The van der Waals surface area contributed by atoms with Gasteiger partial charge in [0.25, 0.3) is 5.69 Å². The second-order valence-electron chi connectivity index (χ2n) is 5.22.